The lowest BCUT2D eigenvalue weighted by molar-refractivity contribution is 0.0848. The second kappa shape index (κ2) is 9.46. The summed E-state index contributed by atoms with van der Waals surface area (Å²) in [4.78, 5) is 2.09. The second-order valence-electron chi connectivity index (χ2n) is 9.27. The molecule has 1 unspecified atom stereocenters. The minimum absolute atomic E-state index is 0. The van der Waals surface area contributed by atoms with Crippen LogP contribution >= 0.6 is 0 Å². The highest BCUT2D eigenvalue weighted by Crippen LogP contribution is 2.33. The number of hydrogen-bond donors (Lipinski definition) is 1. The lowest BCUT2D eigenvalue weighted by Gasteiger charge is -2.16. The summed E-state index contributed by atoms with van der Waals surface area (Å²) in [6, 6.07) is 16.3. The molecule has 2 heterocycles. The molecule has 0 radical (unpaired) electrons. The van der Waals surface area contributed by atoms with E-state index in [9.17, 15) is 0 Å². The number of ether oxygens (including phenoxy) is 1. The summed E-state index contributed by atoms with van der Waals surface area (Å²) in [5, 5.41) is 12.1. The van der Waals surface area contributed by atoms with E-state index < -0.39 is 0 Å². The summed E-state index contributed by atoms with van der Waals surface area (Å²) in [6.45, 7) is 6.60. The quantitative estimate of drug-likeness (QED) is 0.581. The topological polar surface area (TPSA) is 55.2 Å². The molecule has 1 atom stereocenters. The van der Waals surface area contributed by atoms with E-state index in [1.165, 1.54) is 0 Å². The fourth-order valence-electron chi connectivity index (χ4n) is 3.96. The van der Waals surface area contributed by atoms with Gasteiger partial charge in [-0.15, -0.1) is 5.10 Å². The average Bonchev–Trinajstić information content (AvgIpc) is 3.37. The van der Waals surface area contributed by atoms with E-state index in [4.69, 9.17) is 4.74 Å². The summed E-state index contributed by atoms with van der Waals surface area (Å²) in [7, 11) is 4.07. The van der Waals surface area contributed by atoms with Gasteiger partial charge in [-0.2, -0.15) is 0 Å². The number of anilines is 2. The Morgan fingerprint density at radius 3 is 2.75 bits per heavy atom. The van der Waals surface area contributed by atoms with Crippen molar-refractivity contribution in [2.45, 2.75) is 32.9 Å². The van der Waals surface area contributed by atoms with Crippen LogP contribution < -0.4 is 10.2 Å². The van der Waals surface area contributed by atoms with Crippen LogP contribution in [0.3, 0.4) is 0 Å². The van der Waals surface area contributed by atoms with Crippen molar-refractivity contribution >= 4 is 11.4 Å². The zero-order valence-corrected chi connectivity index (χ0v) is 19.3. The average molecular weight is 432 g/mol. The summed E-state index contributed by atoms with van der Waals surface area (Å²) in [5.74, 6) is 6.45. The molecule has 1 aliphatic heterocycles. The van der Waals surface area contributed by atoms with Crippen molar-refractivity contribution in [3.63, 3.8) is 0 Å². The first kappa shape index (κ1) is 21.9. The van der Waals surface area contributed by atoms with Crippen LogP contribution in [0.5, 0.6) is 0 Å². The predicted octanol–water partition coefficient (Wildman–Crippen LogP) is 4.54. The second-order valence-corrected chi connectivity index (χ2v) is 9.27. The van der Waals surface area contributed by atoms with Crippen LogP contribution in [-0.2, 0) is 11.3 Å². The fraction of sp³-hybridized carbons (Fsp3) is 0.385. The molecule has 4 rings (SSSR count). The lowest BCUT2D eigenvalue weighted by Crippen LogP contribution is -2.16. The first-order valence-electron chi connectivity index (χ1n) is 11.0. The number of hydrogen-bond acceptors (Lipinski definition) is 5. The van der Waals surface area contributed by atoms with Crippen LogP contribution in [0.4, 0.5) is 11.4 Å². The highest BCUT2D eigenvalue weighted by atomic mass is 16.5. The number of para-hydroxylation sites is 1. The van der Waals surface area contributed by atoms with Gasteiger partial charge in [0.15, 0.2) is 0 Å². The number of benzene rings is 2. The van der Waals surface area contributed by atoms with Crippen molar-refractivity contribution in [3.8, 4) is 23.1 Å². The van der Waals surface area contributed by atoms with Crippen LogP contribution in [0.2, 0.25) is 0 Å². The largest absolute Gasteiger partial charge is 0.377 e. The van der Waals surface area contributed by atoms with Gasteiger partial charge in [0.2, 0.25) is 0 Å². The Labute approximate surface area is 192 Å². The third-order valence-electron chi connectivity index (χ3n) is 5.56. The molecule has 6 heteroatoms. The van der Waals surface area contributed by atoms with Crippen LogP contribution in [0.15, 0.2) is 54.7 Å². The normalized spacial score (nSPS) is 16.9. The fourth-order valence-corrected chi connectivity index (χ4v) is 3.96. The molecule has 1 fully saturated rings. The van der Waals surface area contributed by atoms with Gasteiger partial charge in [-0.3, -0.25) is 0 Å². The Kier molecular flexibility index (Phi) is 6.48. The summed E-state index contributed by atoms with van der Waals surface area (Å²) < 4.78 is 7.82. The van der Waals surface area contributed by atoms with E-state index in [1.807, 2.05) is 61.4 Å². The molecular weight excluding hydrogens is 398 g/mol. The van der Waals surface area contributed by atoms with E-state index in [0.29, 0.717) is 6.54 Å². The maximum Gasteiger partial charge on any atom is 0.115 e. The third kappa shape index (κ3) is 5.49. The van der Waals surface area contributed by atoms with Gasteiger partial charge in [0.25, 0.3) is 0 Å². The van der Waals surface area contributed by atoms with E-state index in [-0.39, 0.29) is 12.9 Å². The van der Waals surface area contributed by atoms with Crippen molar-refractivity contribution in [1.82, 2.24) is 15.0 Å². The van der Waals surface area contributed by atoms with Crippen molar-refractivity contribution in [3.05, 3.63) is 60.3 Å². The van der Waals surface area contributed by atoms with Gasteiger partial charge in [0.1, 0.15) is 5.69 Å². The van der Waals surface area contributed by atoms with Gasteiger partial charge in [0.05, 0.1) is 32.0 Å². The van der Waals surface area contributed by atoms with E-state index >= 15 is 0 Å². The zero-order chi connectivity index (χ0) is 22.6. The molecule has 0 aliphatic carbocycles. The Hall–Kier alpha value is -3.30. The molecule has 1 N–H and O–H groups in total. The minimum atomic E-state index is 0. The maximum absolute atomic E-state index is 5.92. The van der Waals surface area contributed by atoms with Crippen LogP contribution in [0, 0.1) is 17.3 Å². The van der Waals surface area contributed by atoms with Crippen molar-refractivity contribution in [1.29, 1.82) is 0 Å². The number of nitrogens with zero attached hydrogens (tertiary/aromatic N) is 4. The highest BCUT2D eigenvalue weighted by Gasteiger charge is 2.32. The predicted molar refractivity (Wildman–Crippen MR) is 132 cm³/mol. The molecule has 2 aromatic carbocycles. The number of nitrogens with one attached hydrogen (secondary N) is 1. The summed E-state index contributed by atoms with van der Waals surface area (Å²) in [6.07, 6.45) is 3.24. The van der Waals surface area contributed by atoms with Gasteiger partial charge < -0.3 is 15.0 Å². The van der Waals surface area contributed by atoms with Crippen molar-refractivity contribution < 1.29 is 6.16 Å². The first-order chi connectivity index (χ1) is 15.4. The smallest absolute Gasteiger partial charge is 0.115 e. The monoisotopic (exact) mass is 431 g/mol. The van der Waals surface area contributed by atoms with E-state index in [1.54, 1.807) is 0 Å². The molecular formula is C26H33N5O. The summed E-state index contributed by atoms with van der Waals surface area (Å²) >= 11 is 0. The maximum atomic E-state index is 5.92. The number of rotatable bonds is 6. The molecule has 0 spiro atoms. The molecule has 3 aromatic rings. The summed E-state index contributed by atoms with van der Waals surface area (Å²) in [5.41, 5.74) is 5.25. The third-order valence-corrected chi connectivity index (χ3v) is 5.56. The van der Waals surface area contributed by atoms with Gasteiger partial charge >= 0.3 is 0 Å². The minimum Gasteiger partial charge on any atom is -0.377 e. The van der Waals surface area contributed by atoms with Gasteiger partial charge in [-0.25, -0.2) is 4.68 Å². The molecule has 0 bridgehead atoms. The Morgan fingerprint density at radius 1 is 1.22 bits per heavy atom. The molecule has 1 aromatic heterocycles. The SMILES string of the molecule is CN(C)c1cc(C#CCNc2ccccc2)ccc1-c1cn(CC2CC(C)(C)CO2)nn1.[HH]. The van der Waals surface area contributed by atoms with E-state index in [0.717, 1.165) is 47.8 Å². The molecule has 0 saturated carbocycles. The number of aromatic nitrogens is 3. The Balaban J connectivity index is 0.00000306. The Morgan fingerprint density at radius 2 is 2.03 bits per heavy atom. The molecule has 1 saturated heterocycles. The first-order valence-corrected chi connectivity index (χ1v) is 11.0. The van der Waals surface area contributed by atoms with Gasteiger partial charge in [-0.05, 0) is 42.2 Å². The highest BCUT2D eigenvalue weighted by molar-refractivity contribution is 5.77. The molecule has 6 nitrogen and oxygen atoms in total. The van der Waals surface area contributed by atoms with Gasteiger partial charge in [0, 0.05) is 38.0 Å². The zero-order valence-electron chi connectivity index (χ0n) is 19.3. The molecule has 1 aliphatic rings. The van der Waals surface area contributed by atoms with Crippen molar-refractivity contribution in [2.24, 2.45) is 5.41 Å². The van der Waals surface area contributed by atoms with Crippen LogP contribution in [0.25, 0.3) is 11.3 Å². The van der Waals surface area contributed by atoms with Crippen LogP contribution in [0.1, 0.15) is 27.3 Å². The van der Waals surface area contributed by atoms with Crippen molar-refractivity contribution in [2.75, 3.05) is 37.5 Å². The van der Waals surface area contributed by atoms with Crippen LogP contribution in [-0.4, -0.2) is 48.3 Å². The van der Waals surface area contributed by atoms with E-state index in [2.05, 4.69) is 58.3 Å². The molecule has 32 heavy (non-hydrogen) atoms. The molecule has 0 amide bonds. The Bertz CT molecular complexity index is 1110. The standard InChI is InChI=1S/C26H31N5O.H2/c1-26(2)16-22(32-19-26)17-31-18-24(28-29-31)23-13-12-20(15-25(23)30(3)4)9-8-14-27-21-10-6-5-7-11-21;/h5-7,10-13,15,18,22,27H,14,16-17,19H2,1-4H3;1H. The molecule has 168 valence electrons. The lowest BCUT2D eigenvalue weighted by atomic mass is 9.91. The van der Waals surface area contributed by atoms with Gasteiger partial charge in [-0.1, -0.05) is 49.1 Å².